The molecule has 0 unspecified atom stereocenters. The fourth-order valence-corrected chi connectivity index (χ4v) is 3.01. The zero-order valence-corrected chi connectivity index (χ0v) is 13.8. The van der Waals surface area contributed by atoms with Gasteiger partial charge in [0.1, 0.15) is 5.82 Å². The molecule has 0 fully saturated rings. The molecule has 3 rings (SSSR count). The Hall–Kier alpha value is -2.27. The minimum Gasteiger partial charge on any atom is -0.352 e. The SMILES string of the molecule is CC(C)CNC(=O)c1cc(-c2cccs2)nc2ccc(F)cc12. The molecule has 23 heavy (non-hydrogen) atoms. The van der Waals surface area contributed by atoms with Gasteiger partial charge in [-0.3, -0.25) is 4.79 Å². The number of hydrogen-bond donors (Lipinski definition) is 1. The first kappa shape index (κ1) is 15.6. The van der Waals surface area contributed by atoms with Gasteiger partial charge in [0.15, 0.2) is 0 Å². The topological polar surface area (TPSA) is 42.0 Å². The van der Waals surface area contributed by atoms with E-state index in [4.69, 9.17) is 0 Å². The highest BCUT2D eigenvalue weighted by molar-refractivity contribution is 7.13. The molecule has 0 aliphatic carbocycles. The molecule has 3 aromatic rings. The minimum absolute atomic E-state index is 0.200. The first-order chi connectivity index (χ1) is 11.0. The number of thiophene rings is 1. The Morgan fingerprint density at radius 2 is 2.13 bits per heavy atom. The summed E-state index contributed by atoms with van der Waals surface area (Å²) >= 11 is 1.56. The molecule has 0 spiro atoms. The van der Waals surface area contributed by atoms with Gasteiger partial charge in [-0.2, -0.15) is 0 Å². The summed E-state index contributed by atoms with van der Waals surface area (Å²) < 4.78 is 13.6. The van der Waals surface area contributed by atoms with Gasteiger partial charge in [0, 0.05) is 11.9 Å². The number of nitrogens with one attached hydrogen (secondary N) is 1. The zero-order valence-electron chi connectivity index (χ0n) is 13.0. The van der Waals surface area contributed by atoms with E-state index in [1.807, 2.05) is 31.4 Å². The minimum atomic E-state index is -0.374. The highest BCUT2D eigenvalue weighted by atomic mass is 32.1. The van der Waals surface area contributed by atoms with E-state index in [0.717, 1.165) is 10.6 Å². The van der Waals surface area contributed by atoms with E-state index in [-0.39, 0.29) is 11.7 Å². The van der Waals surface area contributed by atoms with E-state index in [1.165, 1.54) is 12.1 Å². The van der Waals surface area contributed by atoms with Crippen molar-refractivity contribution in [2.75, 3.05) is 6.54 Å². The van der Waals surface area contributed by atoms with Crippen molar-refractivity contribution in [3.05, 3.63) is 53.2 Å². The molecule has 0 aliphatic rings. The van der Waals surface area contributed by atoms with E-state index in [2.05, 4.69) is 10.3 Å². The van der Waals surface area contributed by atoms with Crippen molar-refractivity contribution in [3.8, 4) is 10.6 Å². The zero-order chi connectivity index (χ0) is 16.4. The van der Waals surface area contributed by atoms with Crippen LogP contribution in [0.5, 0.6) is 0 Å². The van der Waals surface area contributed by atoms with Crippen LogP contribution in [0, 0.1) is 11.7 Å². The van der Waals surface area contributed by atoms with Gasteiger partial charge in [0.05, 0.1) is 21.7 Å². The second-order valence-corrected chi connectivity index (χ2v) is 6.75. The summed E-state index contributed by atoms with van der Waals surface area (Å²) in [6, 6.07) is 9.98. The predicted octanol–water partition coefficient (Wildman–Crippen LogP) is 4.49. The number of benzene rings is 1. The summed E-state index contributed by atoms with van der Waals surface area (Å²) in [5, 5.41) is 5.39. The maximum absolute atomic E-state index is 13.6. The van der Waals surface area contributed by atoms with Crippen molar-refractivity contribution >= 4 is 28.1 Å². The molecule has 1 N–H and O–H groups in total. The largest absolute Gasteiger partial charge is 0.352 e. The van der Waals surface area contributed by atoms with Crippen LogP contribution >= 0.6 is 11.3 Å². The van der Waals surface area contributed by atoms with Crippen LogP contribution in [0.2, 0.25) is 0 Å². The van der Waals surface area contributed by atoms with Crippen molar-refractivity contribution in [2.24, 2.45) is 5.92 Å². The van der Waals surface area contributed by atoms with Crippen molar-refractivity contribution in [2.45, 2.75) is 13.8 Å². The molecule has 1 amide bonds. The number of rotatable bonds is 4. The van der Waals surface area contributed by atoms with Gasteiger partial charge in [-0.1, -0.05) is 19.9 Å². The molecule has 1 aromatic carbocycles. The molecule has 0 bridgehead atoms. The van der Waals surface area contributed by atoms with Crippen molar-refractivity contribution in [3.63, 3.8) is 0 Å². The first-order valence-corrected chi connectivity index (χ1v) is 8.35. The fourth-order valence-electron chi connectivity index (χ4n) is 2.33. The summed E-state index contributed by atoms with van der Waals surface area (Å²) in [7, 11) is 0. The highest BCUT2D eigenvalue weighted by Crippen LogP contribution is 2.28. The summed E-state index contributed by atoms with van der Waals surface area (Å²) in [6.45, 7) is 4.63. The van der Waals surface area contributed by atoms with E-state index in [1.54, 1.807) is 23.5 Å². The Bertz CT molecular complexity index is 844. The Labute approximate surface area is 138 Å². The molecule has 0 atom stereocenters. The molecule has 0 saturated carbocycles. The maximum atomic E-state index is 13.6. The average Bonchev–Trinajstić information content (AvgIpc) is 3.06. The summed E-state index contributed by atoms with van der Waals surface area (Å²) in [5.74, 6) is -0.226. The Morgan fingerprint density at radius 3 is 2.83 bits per heavy atom. The normalized spacial score (nSPS) is 11.1. The van der Waals surface area contributed by atoms with Gasteiger partial charge in [0.2, 0.25) is 0 Å². The summed E-state index contributed by atoms with van der Waals surface area (Å²) in [6.07, 6.45) is 0. The highest BCUT2D eigenvalue weighted by Gasteiger charge is 2.15. The van der Waals surface area contributed by atoms with Crippen LogP contribution in [0.25, 0.3) is 21.5 Å². The van der Waals surface area contributed by atoms with Crippen LogP contribution in [-0.2, 0) is 0 Å². The molecule has 118 valence electrons. The molecule has 2 heterocycles. The number of hydrogen-bond acceptors (Lipinski definition) is 3. The molecule has 0 saturated heterocycles. The quantitative estimate of drug-likeness (QED) is 0.767. The fraction of sp³-hybridized carbons (Fsp3) is 0.222. The van der Waals surface area contributed by atoms with Gasteiger partial charge >= 0.3 is 0 Å². The van der Waals surface area contributed by atoms with Crippen molar-refractivity contribution < 1.29 is 9.18 Å². The molecule has 2 aromatic heterocycles. The first-order valence-electron chi connectivity index (χ1n) is 7.47. The second-order valence-electron chi connectivity index (χ2n) is 5.80. The standard InChI is InChI=1S/C18H17FN2OS/c1-11(2)10-20-18(22)14-9-16(17-4-3-7-23-17)21-15-6-5-12(19)8-13(14)15/h3-9,11H,10H2,1-2H3,(H,20,22). The summed E-state index contributed by atoms with van der Waals surface area (Å²) in [5.41, 5.74) is 1.80. The third-order valence-corrected chi connectivity index (χ3v) is 4.35. The smallest absolute Gasteiger partial charge is 0.252 e. The summed E-state index contributed by atoms with van der Waals surface area (Å²) in [4.78, 5) is 18.1. The number of amides is 1. The number of pyridine rings is 1. The number of aromatic nitrogens is 1. The van der Waals surface area contributed by atoms with Crippen LogP contribution < -0.4 is 5.32 Å². The molecular formula is C18H17FN2OS. The maximum Gasteiger partial charge on any atom is 0.252 e. The monoisotopic (exact) mass is 328 g/mol. The van der Waals surface area contributed by atoms with Gasteiger partial charge in [-0.25, -0.2) is 9.37 Å². The van der Waals surface area contributed by atoms with Gasteiger partial charge in [-0.15, -0.1) is 11.3 Å². The van der Waals surface area contributed by atoms with Gasteiger partial charge in [-0.05, 0) is 41.6 Å². The Balaban J connectivity index is 2.12. The molecule has 0 aliphatic heterocycles. The lowest BCUT2D eigenvalue weighted by Gasteiger charge is -2.11. The van der Waals surface area contributed by atoms with Crippen LogP contribution in [0.15, 0.2) is 41.8 Å². The van der Waals surface area contributed by atoms with Gasteiger partial charge < -0.3 is 5.32 Å². The third kappa shape index (κ3) is 3.40. The third-order valence-electron chi connectivity index (χ3n) is 3.46. The van der Waals surface area contributed by atoms with E-state index < -0.39 is 0 Å². The lowest BCUT2D eigenvalue weighted by atomic mass is 10.1. The molecule has 3 nitrogen and oxygen atoms in total. The van der Waals surface area contributed by atoms with Gasteiger partial charge in [0.25, 0.3) is 5.91 Å². The number of carbonyl (C=O) groups excluding carboxylic acids is 1. The van der Waals surface area contributed by atoms with E-state index >= 15 is 0 Å². The Morgan fingerprint density at radius 1 is 1.30 bits per heavy atom. The van der Waals surface area contributed by atoms with Crippen LogP contribution in [0.3, 0.4) is 0 Å². The molecular weight excluding hydrogens is 311 g/mol. The van der Waals surface area contributed by atoms with Crippen molar-refractivity contribution in [1.82, 2.24) is 10.3 Å². The van der Waals surface area contributed by atoms with Crippen LogP contribution in [0.1, 0.15) is 24.2 Å². The predicted molar refractivity (Wildman–Crippen MR) is 92.2 cm³/mol. The number of nitrogens with zero attached hydrogens (tertiary/aromatic N) is 1. The second kappa shape index (κ2) is 6.46. The van der Waals surface area contributed by atoms with Crippen LogP contribution in [0.4, 0.5) is 4.39 Å². The van der Waals surface area contributed by atoms with Crippen LogP contribution in [-0.4, -0.2) is 17.4 Å². The molecule has 0 radical (unpaired) electrons. The number of halogens is 1. The number of carbonyl (C=O) groups is 1. The van der Waals surface area contributed by atoms with E-state index in [9.17, 15) is 9.18 Å². The van der Waals surface area contributed by atoms with E-state index in [0.29, 0.717) is 28.9 Å². The molecule has 5 heteroatoms. The lowest BCUT2D eigenvalue weighted by molar-refractivity contribution is 0.0950. The average molecular weight is 328 g/mol. The number of fused-ring (bicyclic) bond motifs is 1. The van der Waals surface area contributed by atoms with Crippen molar-refractivity contribution in [1.29, 1.82) is 0 Å². The Kier molecular flexibility index (Phi) is 4.39. The lowest BCUT2D eigenvalue weighted by Crippen LogP contribution is -2.27.